The summed E-state index contributed by atoms with van der Waals surface area (Å²) in [5, 5.41) is 13.7. The molecule has 0 aliphatic carbocycles. The lowest BCUT2D eigenvalue weighted by atomic mass is 9.94. The Labute approximate surface area is 195 Å². The summed E-state index contributed by atoms with van der Waals surface area (Å²) in [7, 11) is 0. The average Bonchev–Trinajstić information content (AvgIpc) is 2.88. The third-order valence-corrected chi connectivity index (χ3v) is 6.43. The highest BCUT2D eigenvalue weighted by molar-refractivity contribution is 5.67. The first-order chi connectivity index (χ1) is 16.3. The fourth-order valence-electron chi connectivity index (χ4n) is 4.70. The molecule has 1 saturated heterocycles. The number of benzene rings is 2. The van der Waals surface area contributed by atoms with E-state index < -0.39 is 0 Å². The molecule has 2 aromatic carbocycles. The third-order valence-electron chi connectivity index (χ3n) is 6.43. The van der Waals surface area contributed by atoms with Gasteiger partial charge in [-0.25, -0.2) is 4.98 Å². The van der Waals surface area contributed by atoms with Gasteiger partial charge in [0.25, 0.3) is 0 Å². The molecule has 0 bridgehead atoms. The molecule has 6 heteroatoms. The van der Waals surface area contributed by atoms with Crippen molar-refractivity contribution in [2.75, 3.05) is 43.1 Å². The molecule has 3 aromatic rings. The highest BCUT2D eigenvalue weighted by Crippen LogP contribution is 2.34. The molecule has 5 rings (SSSR count). The van der Waals surface area contributed by atoms with Crippen molar-refractivity contribution in [2.24, 2.45) is 0 Å². The van der Waals surface area contributed by atoms with Crippen LogP contribution in [-0.4, -0.2) is 42.7 Å². The van der Waals surface area contributed by atoms with Crippen LogP contribution in [0, 0.1) is 11.3 Å². The number of fused-ring (bicyclic) bond motifs is 1. The molecule has 0 amide bonds. The van der Waals surface area contributed by atoms with E-state index in [1.54, 1.807) is 0 Å². The minimum Gasteiger partial charge on any atom is -0.378 e. The Morgan fingerprint density at radius 1 is 0.909 bits per heavy atom. The van der Waals surface area contributed by atoms with Crippen molar-refractivity contribution >= 4 is 11.6 Å². The molecular weight excluding hydrogens is 410 g/mol. The van der Waals surface area contributed by atoms with Crippen LogP contribution < -0.4 is 10.2 Å². The van der Waals surface area contributed by atoms with E-state index in [2.05, 4.69) is 75.8 Å². The Morgan fingerprint density at radius 3 is 2.30 bits per heavy atom. The van der Waals surface area contributed by atoms with Crippen molar-refractivity contribution in [1.29, 1.82) is 5.26 Å². The number of nitriles is 1. The van der Waals surface area contributed by atoms with E-state index >= 15 is 0 Å². The van der Waals surface area contributed by atoms with E-state index in [-0.39, 0.29) is 0 Å². The smallest absolute Gasteiger partial charge is 0.149 e. The summed E-state index contributed by atoms with van der Waals surface area (Å²) in [4.78, 5) is 9.69. The number of pyridine rings is 1. The van der Waals surface area contributed by atoms with Crippen LogP contribution in [0.2, 0.25) is 0 Å². The molecule has 0 atom stereocenters. The summed E-state index contributed by atoms with van der Waals surface area (Å²) in [6, 6.07) is 23.4. The molecule has 2 aliphatic heterocycles. The predicted molar refractivity (Wildman–Crippen MR) is 130 cm³/mol. The largest absolute Gasteiger partial charge is 0.378 e. The molecule has 0 spiro atoms. The van der Waals surface area contributed by atoms with Crippen LogP contribution in [0.4, 0.5) is 11.6 Å². The third kappa shape index (κ3) is 4.85. The topological polar surface area (TPSA) is 64.4 Å². The van der Waals surface area contributed by atoms with Crippen molar-refractivity contribution < 1.29 is 4.74 Å². The highest BCUT2D eigenvalue weighted by atomic mass is 16.5. The van der Waals surface area contributed by atoms with E-state index in [4.69, 9.17) is 9.72 Å². The van der Waals surface area contributed by atoms with Crippen LogP contribution in [0.15, 0.2) is 60.7 Å². The van der Waals surface area contributed by atoms with Gasteiger partial charge in [0.2, 0.25) is 0 Å². The zero-order valence-corrected chi connectivity index (χ0v) is 18.8. The number of aromatic nitrogens is 1. The maximum absolute atomic E-state index is 10.1. The molecular formula is C27H29N5O. The number of rotatable bonds is 6. The summed E-state index contributed by atoms with van der Waals surface area (Å²) in [6.07, 6.45) is 0.852. The SMILES string of the molecule is N#Cc1c(N2CCOCC2)nc(NCc2ccccc2)c2c1CCN(Cc1ccccc1)C2. The van der Waals surface area contributed by atoms with Crippen LogP contribution in [-0.2, 0) is 30.8 Å². The highest BCUT2D eigenvalue weighted by Gasteiger charge is 2.28. The van der Waals surface area contributed by atoms with Gasteiger partial charge in [0.1, 0.15) is 17.7 Å². The molecule has 6 nitrogen and oxygen atoms in total. The van der Waals surface area contributed by atoms with E-state index in [1.165, 1.54) is 11.1 Å². The lowest BCUT2D eigenvalue weighted by Gasteiger charge is -2.34. The van der Waals surface area contributed by atoms with Gasteiger partial charge in [-0.2, -0.15) is 5.26 Å². The first-order valence-corrected chi connectivity index (χ1v) is 11.6. The maximum Gasteiger partial charge on any atom is 0.149 e. The molecule has 1 aromatic heterocycles. The molecule has 1 N–H and O–H groups in total. The Bertz CT molecular complexity index is 1120. The van der Waals surface area contributed by atoms with Crippen molar-refractivity contribution in [1.82, 2.24) is 9.88 Å². The van der Waals surface area contributed by atoms with Crippen LogP contribution in [0.1, 0.15) is 27.8 Å². The summed E-state index contributed by atoms with van der Waals surface area (Å²) >= 11 is 0. The van der Waals surface area contributed by atoms with Crippen LogP contribution >= 0.6 is 0 Å². The normalized spacial score (nSPS) is 16.2. The van der Waals surface area contributed by atoms with Crippen LogP contribution in [0.25, 0.3) is 0 Å². The molecule has 33 heavy (non-hydrogen) atoms. The molecule has 168 valence electrons. The quantitative estimate of drug-likeness (QED) is 0.627. The molecule has 0 saturated carbocycles. The predicted octanol–water partition coefficient (Wildman–Crippen LogP) is 3.96. The zero-order valence-electron chi connectivity index (χ0n) is 18.8. The minimum atomic E-state index is 0.668. The summed E-state index contributed by atoms with van der Waals surface area (Å²) in [5.41, 5.74) is 5.55. The number of nitrogens with zero attached hydrogens (tertiary/aromatic N) is 4. The van der Waals surface area contributed by atoms with E-state index in [0.717, 1.165) is 67.5 Å². The lowest BCUT2D eigenvalue weighted by molar-refractivity contribution is 0.122. The second-order valence-electron chi connectivity index (χ2n) is 8.61. The fraction of sp³-hybridized carbons (Fsp3) is 0.333. The summed E-state index contributed by atoms with van der Waals surface area (Å²) in [6.45, 7) is 6.17. The minimum absolute atomic E-state index is 0.668. The van der Waals surface area contributed by atoms with Gasteiger partial charge in [0.15, 0.2) is 0 Å². The fourth-order valence-corrected chi connectivity index (χ4v) is 4.70. The first kappa shape index (κ1) is 21.4. The van der Waals surface area contributed by atoms with Gasteiger partial charge in [-0.15, -0.1) is 0 Å². The lowest BCUT2D eigenvalue weighted by Crippen LogP contribution is -2.38. The van der Waals surface area contributed by atoms with Crippen molar-refractivity contribution in [3.05, 3.63) is 88.5 Å². The Kier molecular flexibility index (Phi) is 6.52. The van der Waals surface area contributed by atoms with Gasteiger partial charge in [0.05, 0.1) is 18.8 Å². The molecule has 0 unspecified atom stereocenters. The molecule has 0 radical (unpaired) electrons. The van der Waals surface area contributed by atoms with E-state index in [0.29, 0.717) is 19.8 Å². The zero-order chi connectivity index (χ0) is 22.5. The Balaban J connectivity index is 1.48. The van der Waals surface area contributed by atoms with Crippen molar-refractivity contribution in [3.8, 4) is 6.07 Å². The number of hydrogen-bond acceptors (Lipinski definition) is 6. The van der Waals surface area contributed by atoms with Gasteiger partial charge >= 0.3 is 0 Å². The Morgan fingerprint density at radius 2 is 1.61 bits per heavy atom. The molecule has 2 aliphatic rings. The number of morpholine rings is 1. The van der Waals surface area contributed by atoms with Gasteiger partial charge in [-0.1, -0.05) is 60.7 Å². The van der Waals surface area contributed by atoms with Crippen molar-refractivity contribution in [3.63, 3.8) is 0 Å². The van der Waals surface area contributed by atoms with E-state index in [9.17, 15) is 5.26 Å². The number of anilines is 2. The van der Waals surface area contributed by atoms with Gasteiger partial charge < -0.3 is 15.0 Å². The second kappa shape index (κ2) is 10.0. The van der Waals surface area contributed by atoms with Crippen LogP contribution in [0.5, 0.6) is 0 Å². The summed E-state index contributed by atoms with van der Waals surface area (Å²) < 4.78 is 5.54. The average molecular weight is 440 g/mol. The molecule has 3 heterocycles. The maximum atomic E-state index is 10.1. The van der Waals surface area contributed by atoms with Gasteiger partial charge in [0, 0.05) is 44.8 Å². The van der Waals surface area contributed by atoms with Gasteiger partial charge in [-0.05, 0) is 23.1 Å². The van der Waals surface area contributed by atoms with Crippen LogP contribution in [0.3, 0.4) is 0 Å². The number of hydrogen-bond donors (Lipinski definition) is 1. The van der Waals surface area contributed by atoms with Gasteiger partial charge in [-0.3, -0.25) is 4.90 Å². The standard InChI is InChI=1S/C27H29N5O/c28-17-24-23-11-12-31(19-22-9-5-2-6-10-22)20-25(23)26(29-18-21-7-3-1-4-8-21)30-27(24)32-13-15-33-16-14-32/h1-10H,11-16,18-20H2,(H,29,30). The second-order valence-corrected chi connectivity index (χ2v) is 8.61. The number of nitrogens with one attached hydrogen (secondary N) is 1. The summed E-state index contributed by atoms with van der Waals surface area (Å²) in [5.74, 6) is 1.69. The number of ether oxygens (including phenoxy) is 1. The van der Waals surface area contributed by atoms with Crippen molar-refractivity contribution in [2.45, 2.75) is 26.1 Å². The Hall–Kier alpha value is -3.40. The monoisotopic (exact) mass is 439 g/mol. The van der Waals surface area contributed by atoms with E-state index in [1.807, 2.05) is 6.07 Å². The molecule has 1 fully saturated rings. The first-order valence-electron chi connectivity index (χ1n) is 11.6.